The maximum absolute atomic E-state index is 12.8. The monoisotopic (exact) mass is 825 g/mol. The van der Waals surface area contributed by atoms with Crippen molar-refractivity contribution in [3.8, 4) is 0 Å². The van der Waals surface area contributed by atoms with Crippen LogP contribution in [-0.4, -0.2) is 69.4 Å². The van der Waals surface area contributed by atoms with E-state index >= 15 is 0 Å². The smallest absolute Gasteiger partial charge is 0.306 e. The van der Waals surface area contributed by atoms with Gasteiger partial charge in [-0.2, -0.15) is 0 Å². The number of rotatable bonds is 46. The van der Waals surface area contributed by atoms with Gasteiger partial charge in [0.25, 0.3) is 0 Å². The molecule has 0 radical (unpaired) electrons. The summed E-state index contributed by atoms with van der Waals surface area (Å²) in [5.74, 6) is -1.55. The molecule has 0 fully saturated rings. The molecule has 0 aliphatic heterocycles. The summed E-state index contributed by atoms with van der Waals surface area (Å²) in [7, 11) is 0. The predicted octanol–water partition coefficient (Wildman–Crippen LogP) is 11.8. The van der Waals surface area contributed by atoms with Gasteiger partial charge in [0.2, 0.25) is 5.91 Å². The van der Waals surface area contributed by atoms with Crippen LogP contribution in [0.1, 0.15) is 239 Å². The average Bonchev–Trinajstić information content (AvgIpc) is 3.22. The van der Waals surface area contributed by atoms with E-state index in [1.54, 1.807) is 0 Å². The lowest BCUT2D eigenvalue weighted by Crippen LogP contribution is -2.42. The largest absolute Gasteiger partial charge is 0.463 e. The van der Waals surface area contributed by atoms with Crippen molar-refractivity contribution in [2.75, 3.05) is 39.6 Å². The molecule has 0 aromatic carbocycles. The van der Waals surface area contributed by atoms with Gasteiger partial charge >= 0.3 is 17.9 Å². The molecule has 1 amide bonds. The van der Waals surface area contributed by atoms with Crippen LogP contribution in [0.4, 0.5) is 0 Å². The lowest BCUT2D eigenvalue weighted by molar-refractivity contribution is -0.153. The third-order valence-corrected chi connectivity index (χ3v) is 10.8. The number of ether oxygens (including phenoxy) is 4. The van der Waals surface area contributed by atoms with Crippen molar-refractivity contribution in [2.45, 2.75) is 245 Å². The molecule has 1 atom stereocenters. The maximum Gasteiger partial charge on any atom is 0.306 e. The van der Waals surface area contributed by atoms with Crippen molar-refractivity contribution in [3.63, 3.8) is 0 Å². The first-order chi connectivity index (χ1) is 28.4. The van der Waals surface area contributed by atoms with Gasteiger partial charge in [0.15, 0.2) is 0 Å². The van der Waals surface area contributed by atoms with E-state index < -0.39 is 18.0 Å². The molecule has 58 heavy (non-hydrogen) atoms. The van der Waals surface area contributed by atoms with Crippen molar-refractivity contribution in [1.82, 2.24) is 5.32 Å². The molecule has 0 aromatic heterocycles. The molecule has 0 aliphatic rings. The first kappa shape index (κ1) is 55.8. The molecule has 0 bridgehead atoms. The van der Waals surface area contributed by atoms with Crippen LogP contribution >= 0.6 is 0 Å². The van der Waals surface area contributed by atoms with Crippen molar-refractivity contribution in [1.29, 1.82) is 0 Å². The Morgan fingerprint density at radius 3 is 1.14 bits per heavy atom. The molecular formula is C48H92N2O8. The molecule has 0 rings (SSSR count). The molecule has 0 aliphatic carbocycles. The van der Waals surface area contributed by atoms with Gasteiger partial charge in [-0.15, -0.1) is 0 Å². The summed E-state index contributed by atoms with van der Waals surface area (Å²) in [6, 6.07) is -0.657. The van der Waals surface area contributed by atoms with Gasteiger partial charge in [-0.05, 0) is 25.8 Å². The molecule has 10 heteroatoms. The second kappa shape index (κ2) is 45.9. The minimum atomic E-state index is -0.657. The van der Waals surface area contributed by atoms with Gasteiger partial charge in [-0.3, -0.25) is 19.2 Å². The fourth-order valence-corrected chi connectivity index (χ4v) is 7.04. The van der Waals surface area contributed by atoms with E-state index in [2.05, 4.69) is 19.2 Å². The van der Waals surface area contributed by atoms with Gasteiger partial charge in [-0.25, -0.2) is 0 Å². The lowest BCUT2D eigenvalue weighted by Gasteiger charge is -2.19. The minimum Gasteiger partial charge on any atom is -0.463 e. The van der Waals surface area contributed by atoms with Crippen LogP contribution in [0.15, 0.2) is 0 Å². The molecule has 1 unspecified atom stereocenters. The zero-order chi connectivity index (χ0) is 42.4. The normalized spacial score (nSPS) is 11.7. The summed E-state index contributed by atoms with van der Waals surface area (Å²) in [5.41, 5.74) is 5.43. The summed E-state index contributed by atoms with van der Waals surface area (Å²) in [4.78, 5) is 49.8. The second-order valence-electron chi connectivity index (χ2n) is 16.5. The maximum atomic E-state index is 12.8. The molecule has 0 aromatic rings. The molecular weight excluding hydrogens is 733 g/mol. The first-order valence-corrected chi connectivity index (χ1v) is 24.5. The Labute approximate surface area is 356 Å². The highest BCUT2D eigenvalue weighted by molar-refractivity contribution is 5.78. The van der Waals surface area contributed by atoms with Crippen LogP contribution < -0.4 is 11.1 Å². The number of esters is 3. The number of nitrogens with two attached hydrogens (primary N) is 1. The SMILES string of the molecule is CCCCCCCCCCCCCCCCCC(=O)NC(COC(=O)CCCCCCCCCCCCCCCCC)COC(=O)CCC(=O)OCCOCCCN. The summed E-state index contributed by atoms with van der Waals surface area (Å²) in [6.45, 7) is 5.74. The number of unbranched alkanes of at least 4 members (excludes halogenated alkanes) is 28. The van der Waals surface area contributed by atoms with Crippen LogP contribution in [0.5, 0.6) is 0 Å². The van der Waals surface area contributed by atoms with E-state index in [0.29, 0.717) is 26.0 Å². The molecule has 0 spiro atoms. The number of carbonyl (C=O) groups excluding carboxylic acids is 4. The Morgan fingerprint density at radius 2 is 0.741 bits per heavy atom. The van der Waals surface area contributed by atoms with Crippen molar-refractivity contribution >= 4 is 23.8 Å². The summed E-state index contributed by atoms with van der Waals surface area (Å²) in [6.07, 6.45) is 39.0. The van der Waals surface area contributed by atoms with Crippen LogP contribution in [0.2, 0.25) is 0 Å². The first-order valence-electron chi connectivity index (χ1n) is 24.5. The van der Waals surface area contributed by atoms with Crippen molar-refractivity contribution < 1.29 is 38.1 Å². The van der Waals surface area contributed by atoms with Crippen molar-refractivity contribution in [3.05, 3.63) is 0 Å². The minimum absolute atomic E-state index is 0.0678. The lowest BCUT2D eigenvalue weighted by atomic mass is 10.0. The van der Waals surface area contributed by atoms with E-state index in [0.717, 1.165) is 44.9 Å². The Balaban J connectivity index is 4.35. The standard InChI is InChI=1S/C48H92N2O8/c1-3-5-7-9-11-13-15-17-19-21-23-25-27-29-31-34-45(51)50-44(43-58-48(54)37-36-47(53)56-41-40-55-39-33-38-49)42-57-46(52)35-32-30-28-26-24-22-20-18-16-14-12-10-8-6-4-2/h44H,3-43,49H2,1-2H3,(H,50,51). The number of carbonyl (C=O) groups is 4. The van der Waals surface area contributed by atoms with Gasteiger partial charge in [0.05, 0.1) is 25.5 Å². The molecule has 10 nitrogen and oxygen atoms in total. The van der Waals surface area contributed by atoms with Crippen LogP contribution in [0.25, 0.3) is 0 Å². The van der Waals surface area contributed by atoms with E-state index in [1.807, 2.05) is 0 Å². The van der Waals surface area contributed by atoms with Gasteiger partial charge in [0, 0.05) is 19.4 Å². The third-order valence-electron chi connectivity index (χ3n) is 10.8. The van der Waals surface area contributed by atoms with Crippen molar-refractivity contribution in [2.24, 2.45) is 5.73 Å². The molecule has 0 saturated heterocycles. The highest BCUT2D eigenvalue weighted by Crippen LogP contribution is 2.15. The fourth-order valence-electron chi connectivity index (χ4n) is 7.04. The topological polar surface area (TPSA) is 143 Å². The summed E-state index contributed by atoms with van der Waals surface area (Å²) < 4.78 is 21.3. The van der Waals surface area contributed by atoms with E-state index in [1.165, 1.54) is 154 Å². The summed E-state index contributed by atoms with van der Waals surface area (Å²) >= 11 is 0. The number of amides is 1. The Morgan fingerprint density at radius 1 is 0.397 bits per heavy atom. The molecule has 342 valence electrons. The van der Waals surface area contributed by atoms with Crippen LogP contribution in [0.3, 0.4) is 0 Å². The van der Waals surface area contributed by atoms with Gasteiger partial charge in [-0.1, -0.05) is 194 Å². The molecule has 0 saturated carbocycles. The Hall–Kier alpha value is -2.20. The van der Waals surface area contributed by atoms with Crippen LogP contribution in [0, 0.1) is 0 Å². The quantitative estimate of drug-likeness (QED) is 0.0348. The van der Waals surface area contributed by atoms with E-state index in [-0.39, 0.29) is 51.1 Å². The van der Waals surface area contributed by atoms with Gasteiger partial charge in [0.1, 0.15) is 19.8 Å². The zero-order valence-electron chi connectivity index (χ0n) is 37.9. The second-order valence-corrected chi connectivity index (χ2v) is 16.5. The predicted molar refractivity (Wildman–Crippen MR) is 238 cm³/mol. The number of hydrogen-bond acceptors (Lipinski definition) is 9. The van der Waals surface area contributed by atoms with Crippen LogP contribution in [-0.2, 0) is 38.1 Å². The molecule has 0 heterocycles. The highest BCUT2D eigenvalue weighted by Gasteiger charge is 2.18. The Bertz CT molecular complexity index is 933. The zero-order valence-corrected chi connectivity index (χ0v) is 37.9. The summed E-state index contributed by atoms with van der Waals surface area (Å²) in [5, 5.41) is 2.91. The van der Waals surface area contributed by atoms with E-state index in [4.69, 9.17) is 24.7 Å². The fraction of sp³-hybridized carbons (Fsp3) is 0.917. The average molecular weight is 825 g/mol. The Kier molecular flexibility index (Phi) is 44.1. The highest BCUT2D eigenvalue weighted by atomic mass is 16.6. The number of nitrogens with one attached hydrogen (secondary N) is 1. The van der Waals surface area contributed by atoms with E-state index in [9.17, 15) is 19.2 Å². The molecule has 3 N–H and O–H groups in total. The number of hydrogen-bond donors (Lipinski definition) is 2. The third kappa shape index (κ3) is 43.4. The van der Waals surface area contributed by atoms with Gasteiger partial charge < -0.3 is 30.0 Å².